The molecule has 3 nitrogen and oxygen atoms in total. The molecule has 0 radical (unpaired) electrons. The Kier molecular flexibility index (Phi) is 4.74. The van der Waals surface area contributed by atoms with Crippen LogP contribution in [0.3, 0.4) is 0 Å². The fraction of sp³-hybridized carbons (Fsp3) is 0.438. The van der Waals surface area contributed by atoms with Crippen molar-refractivity contribution in [2.45, 2.75) is 32.2 Å². The van der Waals surface area contributed by atoms with E-state index in [-0.39, 0.29) is 0 Å². The maximum Gasteiger partial charge on any atom is 0.0639 e. The number of nitrogens with one attached hydrogen (secondary N) is 1. The van der Waals surface area contributed by atoms with Crippen molar-refractivity contribution in [3.8, 4) is 0 Å². The van der Waals surface area contributed by atoms with Crippen LogP contribution in [0.4, 0.5) is 0 Å². The van der Waals surface area contributed by atoms with Crippen molar-refractivity contribution in [1.82, 2.24) is 15.1 Å². The van der Waals surface area contributed by atoms with Crippen molar-refractivity contribution in [3.05, 3.63) is 53.3 Å². The van der Waals surface area contributed by atoms with Crippen LogP contribution >= 0.6 is 0 Å². The minimum Gasteiger partial charge on any atom is -0.317 e. The van der Waals surface area contributed by atoms with Crippen LogP contribution in [-0.4, -0.2) is 22.9 Å². The smallest absolute Gasteiger partial charge is 0.0639 e. The van der Waals surface area contributed by atoms with Gasteiger partial charge >= 0.3 is 0 Å². The van der Waals surface area contributed by atoms with E-state index in [1.165, 1.54) is 11.1 Å². The summed E-state index contributed by atoms with van der Waals surface area (Å²) in [4.78, 5) is 0. The molecule has 1 aromatic heterocycles. The summed E-state index contributed by atoms with van der Waals surface area (Å²) in [6.07, 6.45) is 5.25. The third-order valence-electron chi connectivity index (χ3n) is 3.66. The highest BCUT2D eigenvalue weighted by Crippen LogP contribution is 2.12. The Hall–Kier alpha value is -1.61. The number of benzene rings is 1. The van der Waals surface area contributed by atoms with Gasteiger partial charge in [-0.05, 0) is 44.0 Å². The minimum atomic E-state index is 0.481. The van der Waals surface area contributed by atoms with Gasteiger partial charge in [-0.1, -0.05) is 24.3 Å². The molecular weight excluding hydrogens is 234 g/mol. The summed E-state index contributed by atoms with van der Waals surface area (Å²) in [5.41, 5.74) is 3.99. The molecule has 0 aliphatic rings. The summed E-state index contributed by atoms with van der Waals surface area (Å²) in [6.45, 7) is 2.18. The lowest BCUT2D eigenvalue weighted by Gasteiger charge is -2.15. The lowest BCUT2D eigenvalue weighted by molar-refractivity contribution is 0.511. The minimum absolute atomic E-state index is 0.481. The Morgan fingerprint density at radius 2 is 2.05 bits per heavy atom. The van der Waals surface area contributed by atoms with Crippen LogP contribution in [0.2, 0.25) is 0 Å². The fourth-order valence-corrected chi connectivity index (χ4v) is 2.39. The highest BCUT2D eigenvalue weighted by Gasteiger charge is 2.10. The van der Waals surface area contributed by atoms with Crippen molar-refractivity contribution >= 4 is 0 Å². The van der Waals surface area contributed by atoms with E-state index in [0.29, 0.717) is 6.04 Å². The Morgan fingerprint density at radius 3 is 2.68 bits per heavy atom. The van der Waals surface area contributed by atoms with Crippen molar-refractivity contribution in [2.75, 3.05) is 7.05 Å². The van der Waals surface area contributed by atoms with Gasteiger partial charge in [0, 0.05) is 25.7 Å². The molecule has 2 rings (SSSR count). The molecule has 102 valence electrons. The molecule has 0 bridgehead atoms. The van der Waals surface area contributed by atoms with E-state index >= 15 is 0 Å². The van der Waals surface area contributed by atoms with Gasteiger partial charge in [-0.2, -0.15) is 5.10 Å². The second kappa shape index (κ2) is 6.53. The molecule has 0 saturated carbocycles. The third-order valence-corrected chi connectivity index (χ3v) is 3.66. The molecule has 0 spiro atoms. The molecule has 0 fully saturated rings. The van der Waals surface area contributed by atoms with E-state index in [2.05, 4.69) is 47.7 Å². The second-order valence-corrected chi connectivity index (χ2v) is 5.14. The number of rotatable bonds is 6. The van der Waals surface area contributed by atoms with Gasteiger partial charge in [-0.25, -0.2) is 0 Å². The lowest BCUT2D eigenvalue weighted by Crippen LogP contribution is -2.28. The standard InChI is InChI=1S/C16H23N3/c1-13-6-4-5-7-14(13)8-9-15(17-2)12-16-10-11-19(3)18-16/h4-7,10-11,15,17H,8-9,12H2,1-3H3. The van der Waals surface area contributed by atoms with E-state index < -0.39 is 0 Å². The van der Waals surface area contributed by atoms with Crippen molar-refractivity contribution < 1.29 is 0 Å². The van der Waals surface area contributed by atoms with Crippen LogP contribution in [0.25, 0.3) is 0 Å². The van der Waals surface area contributed by atoms with Gasteiger partial charge in [0.15, 0.2) is 0 Å². The molecule has 1 unspecified atom stereocenters. The van der Waals surface area contributed by atoms with Gasteiger partial charge in [0.2, 0.25) is 0 Å². The van der Waals surface area contributed by atoms with Gasteiger partial charge in [0.05, 0.1) is 5.69 Å². The van der Waals surface area contributed by atoms with E-state index in [1.54, 1.807) is 0 Å². The van der Waals surface area contributed by atoms with E-state index in [4.69, 9.17) is 0 Å². The molecule has 0 saturated heterocycles. The second-order valence-electron chi connectivity index (χ2n) is 5.14. The maximum absolute atomic E-state index is 4.45. The first-order valence-corrected chi connectivity index (χ1v) is 6.89. The molecular formula is C16H23N3. The monoisotopic (exact) mass is 257 g/mol. The average Bonchev–Trinajstić information content (AvgIpc) is 2.81. The summed E-state index contributed by atoms with van der Waals surface area (Å²) in [5, 5.41) is 7.85. The predicted octanol–water partition coefficient (Wildman–Crippen LogP) is 2.49. The van der Waals surface area contributed by atoms with Gasteiger partial charge < -0.3 is 5.32 Å². The van der Waals surface area contributed by atoms with Crippen molar-refractivity contribution in [3.63, 3.8) is 0 Å². The van der Waals surface area contributed by atoms with Gasteiger partial charge in [-0.3, -0.25) is 4.68 Å². The number of hydrogen-bond acceptors (Lipinski definition) is 2. The van der Waals surface area contributed by atoms with Crippen LogP contribution in [-0.2, 0) is 19.9 Å². The number of hydrogen-bond donors (Lipinski definition) is 1. The van der Waals surface area contributed by atoms with Crippen LogP contribution in [0.1, 0.15) is 23.2 Å². The average molecular weight is 257 g/mol. The highest BCUT2D eigenvalue weighted by atomic mass is 15.2. The number of aryl methyl sites for hydroxylation is 3. The first-order chi connectivity index (χ1) is 9.19. The molecule has 1 N–H and O–H groups in total. The van der Waals surface area contributed by atoms with Crippen molar-refractivity contribution in [1.29, 1.82) is 0 Å². The van der Waals surface area contributed by atoms with E-state index in [1.807, 2.05) is 25.0 Å². The molecule has 1 atom stereocenters. The van der Waals surface area contributed by atoms with Gasteiger partial charge in [0.25, 0.3) is 0 Å². The zero-order chi connectivity index (χ0) is 13.7. The lowest BCUT2D eigenvalue weighted by atomic mass is 9.99. The molecule has 19 heavy (non-hydrogen) atoms. The van der Waals surface area contributed by atoms with E-state index in [9.17, 15) is 0 Å². The SMILES string of the molecule is CNC(CCc1ccccc1C)Cc1ccn(C)n1. The summed E-state index contributed by atoms with van der Waals surface area (Å²) >= 11 is 0. The summed E-state index contributed by atoms with van der Waals surface area (Å²) in [7, 11) is 4.00. The highest BCUT2D eigenvalue weighted by molar-refractivity contribution is 5.25. The summed E-state index contributed by atoms with van der Waals surface area (Å²) < 4.78 is 1.86. The third kappa shape index (κ3) is 3.93. The summed E-state index contributed by atoms with van der Waals surface area (Å²) in [5.74, 6) is 0. The fourth-order valence-electron chi connectivity index (χ4n) is 2.39. The quantitative estimate of drug-likeness (QED) is 0.861. The normalized spacial score (nSPS) is 12.6. The van der Waals surface area contributed by atoms with Crippen LogP contribution in [0.5, 0.6) is 0 Å². The molecule has 0 aliphatic heterocycles. The Labute approximate surface area is 115 Å². The Balaban J connectivity index is 1.91. The molecule has 1 heterocycles. The largest absolute Gasteiger partial charge is 0.317 e. The molecule has 0 aliphatic carbocycles. The molecule has 1 aromatic carbocycles. The number of nitrogens with zero attached hydrogens (tertiary/aromatic N) is 2. The summed E-state index contributed by atoms with van der Waals surface area (Å²) in [6, 6.07) is 11.2. The van der Waals surface area contributed by atoms with Gasteiger partial charge in [0.1, 0.15) is 0 Å². The first-order valence-electron chi connectivity index (χ1n) is 6.89. The number of aromatic nitrogens is 2. The molecule has 0 amide bonds. The predicted molar refractivity (Wildman–Crippen MR) is 79.3 cm³/mol. The maximum atomic E-state index is 4.45. The van der Waals surface area contributed by atoms with E-state index in [0.717, 1.165) is 25.0 Å². The zero-order valence-electron chi connectivity index (χ0n) is 12.1. The topological polar surface area (TPSA) is 29.9 Å². The zero-order valence-corrected chi connectivity index (χ0v) is 12.1. The van der Waals surface area contributed by atoms with Crippen LogP contribution in [0.15, 0.2) is 36.5 Å². The molecule has 3 heteroatoms. The first kappa shape index (κ1) is 13.8. The van der Waals surface area contributed by atoms with Crippen LogP contribution < -0.4 is 5.32 Å². The van der Waals surface area contributed by atoms with Crippen molar-refractivity contribution in [2.24, 2.45) is 7.05 Å². The Morgan fingerprint density at radius 1 is 1.26 bits per heavy atom. The Bertz CT molecular complexity index is 516. The van der Waals surface area contributed by atoms with Crippen LogP contribution in [0, 0.1) is 6.92 Å². The number of likely N-dealkylation sites (N-methyl/N-ethyl adjacent to an activating group) is 1. The van der Waals surface area contributed by atoms with Gasteiger partial charge in [-0.15, -0.1) is 0 Å². The molecule has 2 aromatic rings.